The average molecular weight is 218 g/mol. The second kappa shape index (κ2) is 6.96. The van der Waals surface area contributed by atoms with Crippen LogP contribution in [0.3, 0.4) is 0 Å². The quantitative estimate of drug-likeness (QED) is 0.605. The van der Waals surface area contributed by atoms with Crippen molar-refractivity contribution in [3.63, 3.8) is 0 Å². The van der Waals surface area contributed by atoms with Crippen molar-refractivity contribution >= 4 is 24.0 Å². The number of nitrogens with one attached hydrogen (secondary N) is 1. The van der Waals surface area contributed by atoms with Gasteiger partial charge in [-0.15, -0.1) is 19.0 Å². The lowest BCUT2D eigenvalue weighted by Gasteiger charge is -2.01. The molecule has 0 aliphatic rings. The summed E-state index contributed by atoms with van der Waals surface area (Å²) in [6.07, 6.45) is 1.84. The first-order valence-corrected chi connectivity index (χ1v) is 4.27. The van der Waals surface area contributed by atoms with E-state index in [1.807, 2.05) is 30.3 Å². The summed E-state index contributed by atoms with van der Waals surface area (Å²) in [4.78, 5) is 0. The van der Waals surface area contributed by atoms with Gasteiger partial charge in [-0.2, -0.15) is 0 Å². The molecule has 1 aromatic rings. The van der Waals surface area contributed by atoms with Gasteiger partial charge in [0.1, 0.15) is 0 Å². The molecule has 0 aromatic heterocycles. The van der Waals surface area contributed by atoms with Crippen LogP contribution in [0.4, 0.5) is 0 Å². The van der Waals surface area contributed by atoms with E-state index in [4.69, 9.17) is 11.6 Å². The fourth-order valence-corrected chi connectivity index (χ4v) is 1.05. The third-order valence-electron chi connectivity index (χ3n) is 1.53. The Bertz CT molecular complexity index is 244. The Kier molecular flexibility index (Phi) is 6.69. The minimum absolute atomic E-state index is 0. The van der Waals surface area contributed by atoms with Gasteiger partial charge in [-0.05, 0) is 17.7 Å². The summed E-state index contributed by atoms with van der Waals surface area (Å²) in [7, 11) is 0. The van der Waals surface area contributed by atoms with Crippen molar-refractivity contribution in [3.8, 4) is 0 Å². The molecule has 0 aliphatic heterocycles. The Morgan fingerprint density at radius 3 is 2.46 bits per heavy atom. The SMILES string of the molecule is C=CCNCc1ccc(Cl)cc1.Cl. The van der Waals surface area contributed by atoms with E-state index in [-0.39, 0.29) is 12.4 Å². The van der Waals surface area contributed by atoms with E-state index in [2.05, 4.69) is 11.9 Å². The summed E-state index contributed by atoms with van der Waals surface area (Å²) < 4.78 is 0. The average Bonchev–Trinajstić information content (AvgIpc) is 2.09. The molecule has 0 fully saturated rings. The molecule has 1 nitrogen and oxygen atoms in total. The summed E-state index contributed by atoms with van der Waals surface area (Å²) in [6, 6.07) is 7.82. The van der Waals surface area contributed by atoms with Gasteiger partial charge in [-0.1, -0.05) is 29.8 Å². The van der Waals surface area contributed by atoms with Gasteiger partial charge in [-0.25, -0.2) is 0 Å². The molecule has 0 atom stereocenters. The van der Waals surface area contributed by atoms with Gasteiger partial charge in [0, 0.05) is 18.1 Å². The smallest absolute Gasteiger partial charge is 0.0406 e. The number of hydrogen-bond acceptors (Lipinski definition) is 1. The lowest BCUT2D eigenvalue weighted by molar-refractivity contribution is 0.760. The molecule has 13 heavy (non-hydrogen) atoms. The lowest BCUT2D eigenvalue weighted by atomic mass is 10.2. The van der Waals surface area contributed by atoms with Crippen LogP contribution in [-0.4, -0.2) is 6.54 Å². The fourth-order valence-electron chi connectivity index (χ4n) is 0.921. The largest absolute Gasteiger partial charge is 0.309 e. The molecule has 3 heteroatoms. The van der Waals surface area contributed by atoms with Gasteiger partial charge >= 0.3 is 0 Å². The van der Waals surface area contributed by atoms with Crippen LogP contribution in [0.15, 0.2) is 36.9 Å². The standard InChI is InChI=1S/C10H12ClN.ClH/c1-2-7-12-8-9-3-5-10(11)6-4-9;/h2-6,12H,1,7-8H2;1H. The van der Waals surface area contributed by atoms with Crippen LogP contribution in [0.5, 0.6) is 0 Å². The number of hydrogen-bond donors (Lipinski definition) is 1. The zero-order valence-electron chi connectivity index (χ0n) is 7.29. The van der Waals surface area contributed by atoms with Gasteiger partial charge in [0.2, 0.25) is 0 Å². The molecule has 1 rings (SSSR count). The van der Waals surface area contributed by atoms with Crippen molar-refractivity contribution in [2.45, 2.75) is 6.54 Å². The van der Waals surface area contributed by atoms with Crippen LogP contribution in [0, 0.1) is 0 Å². The second-order valence-electron chi connectivity index (χ2n) is 2.55. The van der Waals surface area contributed by atoms with Gasteiger partial charge in [0.15, 0.2) is 0 Å². The molecule has 0 bridgehead atoms. The van der Waals surface area contributed by atoms with E-state index in [1.165, 1.54) is 5.56 Å². The minimum atomic E-state index is 0. The number of benzene rings is 1. The maximum absolute atomic E-state index is 5.74. The van der Waals surface area contributed by atoms with E-state index in [0.717, 1.165) is 18.1 Å². The molecule has 72 valence electrons. The highest BCUT2D eigenvalue weighted by Crippen LogP contribution is 2.08. The highest BCUT2D eigenvalue weighted by atomic mass is 35.5. The highest BCUT2D eigenvalue weighted by molar-refractivity contribution is 6.30. The van der Waals surface area contributed by atoms with Crippen molar-refractivity contribution in [2.24, 2.45) is 0 Å². The molecule has 0 saturated carbocycles. The summed E-state index contributed by atoms with van der Waals surface area (Å²) in [5.41, 5.74) is 1.24. The summed E-state index contributed by atoms with van der Waals surface area (Å²) in [5.74, 6) is 0. The Morgan fingerprint density at radius 2 is 1.92 bits per heavy atom. The summed E-state index contributed by atoms with van der Waals surface area (Å²) in [5, 5.41) is 3.99. The molecular weight excluding hydrogens is 205 g/mol. The molecule has 0 spiro atoms. The van der Waals surface area contributed by atoms with Gasteiger partial charge < -0.3 is 5.32 Å². The van der Waals surface area contributed by atoms with Gasteiger partial charge in [-0.3, -0.25) is 0 Å². The third-order valence-corrected chi connectivity index (χ3v) is 1.78. The first-order chi connectivity index (χ1) is 5.83. The third kappa shape index (κ3) is 4.94. The van der Waals surface area contributed by atoms with Gasteiger partial charge in [0.05, 0.1) is 0 Å². The Balaban J connectivity index is 0.00000144. The van der Waals surface area contributed by atoms with Crippen LogP contribution in [0.25, 0.3) is 0 Å². The molecule has 0 heterocycles. The van der Waals surface area contributed by atoms with Crippen molar-refractivity contribution < 1.29 is 0 Å². The summed E-state index contributed by atoms with van der Waals surface area (Å²) >= 11 is 5.74. The maximum Gasteiger partial charge on any atom is 0.0406 e. The number of halogens is 2. The first kappa shape index (κ1) is 12.5. The molecule has 0 unspecified atom stereocenters. The van der Waals surface area contributed by atoms with Crippen molar-refractivity contribution in [1.82, 2.24) is 5.32 Å². The van der Waals surface area contributed by atoms with E-state index < -0.39 is 0 Å². The van der Waals surface area contributed by atoms with Crippen LogP contribution in [0.1, 0.15) is 5.56 Å². The van der Waals surface area contributed by atoms with E-state index in [1.54, 1.807) is 0 Å². The van der Waals surface area contributed by atoms with Crippen LogP contribution < -0.4 is 5.32 Å². The highest BCUT2D eigenvalue weighted by Gasteiger charge is 1.90. The molecule has 0 radical (unpaired) electrons. The van der Waals surface area contributed by atoms with Crippen LogP contribution in [-0.2, 0) is 6.54 Å². The summed E-state index contributed by atoms with van der Waals surface area (Å²) in [6.45, 7) is 5.32. The maximum atomic E-state index is 5.74. The van der Waals surface area contributed by atoms with E-state index >= 15 is 0 Å². The van der Waals surface area contributed by atoms with Crippen LogP contribution >= 0.6 is 24.0 Å². The fraction of sp³-hybridized carbons (Fsp3) is 0.200. The van der Waals surface area contributed by atoms with E-state index in [0.29, 0.717) is 0 Å². The zero-order chi connectivity index (χ0) is 8.81. The van der Waals surface area contributed by atoms with Crippen molar-refractivity contribution in [3.05, 3.63) is 47.5 Å². The van der Waals surface area contributed by atoms with E-state index in [9.17, 15) is 0 Å². The topological polar surface area (TPSA) is 12.0 Å². The Hall–Kier alpha value is -0.500. The monoisotopic (exact) mass is 217 g/mol. The molecule has 1 aromatic carbocycles. The minimum Gasteiger partial charge on any atom is -0.309 e. The predicted octanol–water partition coefficient (Wildman–Crippen LogP) is 3.04. The zero-order valence-corrected chi connectivity index (χ0v) is 8.87. The van der Waals surface area contributed by atoms with Crippen molar-refractivity contribution in [2.75, 3.05) is 6.54 Å². The van der Waals surface area contributed by atoms with Crippen molar-refractivity contribution in [1.29, 1.82) is 0 Å². The molecule has 0 aliphatic carbocycles. The molecule has 0 saturated heterocycles. The lowest BCUT2D eigenvalue weighted by Crippen LogP contribution is -2.12. The molecule has 0 amide bonds. The number of rotatable bonds is 4. The Labute approximate surface area is 90.2 Å². The van der Waals surface area contributed by atoms with Crippen LogP contribution in [0.2, 0.25) is 5.02 Å². The predicted molar refractivity (Wildman–Crippen MR) is 60.6 cm³/mol. The first-order valence-electron chi connectivity index (χ1n) is 3.89. The second-order valence-corrected chi connectivity index (χ2v) is 2.98. The van der Waals surface area contributed by atoms with Gasteiger partial charge in [0.25, 0.3) is 0 Å². The molecular formula is C10H13Cl2N. The molecule has 1 N–H and O–H groups in total. The normalized spacial score (nSPS) is 9.00. The Morgan fingerprint density at radius 1 is 1.31 bits per heavy atom.